The van der Waals surface area contributed by atoms with Crippen LogP contribution in [0.3, 0.4) is 0 Å². The molecule has 1 aliphatic carbocycles. The van der Waals surface area contributed by atoms with Crippen molar-refractivity contribution >= 4 is 21.7 Å². The molecule has 0 radical (unpaired) electrons. The highest BCUT2D eigenvalue weighted by Gasteiger charge is 2.58. The lowest BCUT2D eigenvalue weighted by Crippen LogP contribution is -2.31. The van der Waals surface area contributed by atoms with Gasteiger partial charge in [0.05, 0.1) is 23.8 Å². The number of halogens is 1. The van der Waals surface area contributed by atoms with Gasteiger partial charge in [-0.15, -0.1) is 0 Å². The molecule has 1 aromatic heterocycles. The number of aromatic nitrogens is 2. The van der Waals surface area contributed by atoms with Crippen LogP contribution >= 0.6 is 15.9 Å². The zero-order chi connectivity index (χ0) is 14.2. The molecule has 1 unspecified atom stereocenters. The van der Waals surface area contributed by atoms with Gasteiger partial charge in [0.2, 0.25) is 0 Å². The van der Waals surface area contributed by atoms with Gasteiger partial charge in [0.1, 0.15) is 5.69 Å². The van der Waals surface area contributed by atoms with Gasteiger partial charge in [-0.05, 0) is 53.7 Å². The Morgan fingerprint density at radius 3 is 3.05 bits per heavy atom. The summed E-state index contributed by atoms with van der Waals surface area (Å²) in [7, 11) is 1.66. The average molecular weight is 342 g/mol. The molecule has 20 heavy (non-hydrogen) atoms. The maximum absolute atomic E-state index is 12.8. The molecule has 2 fully saturated rings. The van der Waals surface area contributed by atoms with E-state index in [-0.39, 0.29) is 17.1 Å². The van der Waals surface area contributed by atoms with Crippen LogP contribution < -0.4 is 5.32 Å². The fourth-order valence-corrected chi connectivity index (χ4v) is 3.81. The molecule has 1 saturated heterocycles. The molecule has 0 aromatic carbocycles. The minimum atomic E-state index is 0.180. The summed E-state index contributed by atoms with van der Waals surface area (Å²) in [5, 5.41) is 7.65. The molecule has 1 aliphatic heterocycles. The molecule has 6 heteroatoms. The fraction of sp³-hybridized carbons (Fsp3) is 0.714. The molecular formula is C14H20BrN3O2. The number of Topliss-reactive ketones (excluding diaryl/α,β-unsaturated/α-hetero) is 1. The number of nitrogens with zero attached hydrogens (tertiary/aromatic N) is 2. The van der Waals surface area contributed by atoms with Crippen molar-refractivity contribution in [2.45, 2.75) is 25.8 Å². The molecule has 1 saturated carbocycles. The number of hydrogen-bond donors (Lipinski definition) is 1. The Morgan fingerprint density at radius 1 is 1.60 bits per heavy atom. The van der Waals surface area contributed by atoms with Crippen LogP contribution in [0.1, 0.15) is 29.8 Å². The molecule has 1 N–H and O–H groups in total. The van der Waals surface area contributed by atoms with E-state index in [0.29, 0.717) is 18.8 Å². The number of nitrogens with one attached hydrogen (secondary N) is 1. The number of methoxy groups -OCH3 is 1. The second-order valence-electron chi connectivity index (χ2n) is 5.79. The first-order valence-corrected chi connectivity index (χ1v) is 7.92. The standard InChI is InChI=1S/C14H20BrN3O2/c1-20-7-6-18-12(11(15)9-17-18)13(19)10-8-14(10)2-4-16-5-3-14/h9-10,16H,2-8H2,1H3. The molecule has 1 aromatic rings. The SMILES string of the molecule is COCCn1ncc(Br)c1C(=O)C1CC12CCNCC2. The highest BCUT2D eigenvalue weighted by atomic mass is 79.9. The van der Waals surface area contributed by atoms with Crippen LogP contribution in [-0.4, -0.2) is 42.4 Å². The van der Waals surface area contributed by atoms with E-state index < -0.39 is 0 Å². The third-order valence-corrected chi connectivity index (χ3v) is 5.22. The lowest BCUT2D eigenvalue weighted by Gasteiger charge is -2.23. The molecule has 1 spiro atoms. The van der Waals surface area contributed by atoms with E-state index in [2.05, 4.69) is 26.3 Å². The Kier molecular flexibility index (Phi) is 3.97. The van der Waals surface area contributed by atoms with Crippen molar-refractivity contribution in [3.05, 3.63) is 16.4 Å². The van der Waals surface area contributed by atoms with E-state index in [1.165, 1.54) is 0 Å². The van der Waals surface area contributed by atoms with Gasteiger partial charge in [-0.25, -0.2) is 0 Å². The number of hydrogen-bond acceptors (Lipinski definition) is 4. The molecule has 5 nitrogen and oxygen atoms in total. The van der Waals surface area contributed by atoms with E-state index in [0.717, 1.165) is 36.8 Å². The number of piperidine rings is 1. The van der Waals surface area contributed by atoms with E-state index in [1.807, 2.05) is 0 Å². The Balaban J connectivity index is 1.76. The summed E-state index contributed by atoms with van der Waals surface area (Å²) in [6.45, 7) is 3.25. The summed E-state index contributed by atoms with van der Waals surface area (Å²) in [6.07, 6.45) is 4.98. The number of ketones is 1. The van der Waals surface area contributed by atoms with E-state index in [9.17, 15) is 4.79 Å². The Hall–Kier alpha value is -0.720. The van der Waals surface area contributed by atoms with Crippen molar-refractivity contribution in [3.8, 4) is 0 Å². The highest BCUT2D eigenvalue weighted by Crippen LogP contribution is 2.59. The Labute approximate surface area is 127 Å². The van der Waals surface area contributed by atoms with Crippen LogP contribution in [-0.2, 0) is 11.3 Å². The summed E-state index contributed by atoms with van der Waals surface area (Å²) in [5.41, 5.74) is 0.973. The maximum Gasteiger partial charge on any atom is 0.185 e. The van der Waals surface area contributed by atoms with E-state index in [1.54, 1.807) is 18.0 Å². The molecule has 1 atom stereocenters. The topological polar surface area (TPSA) is 56.2 Å². The first-order valence-electron chi connectivity index (χ1n) is 7.13. The zero-order valence-corrected chi connectivity index (χ0v) is 13.3. The molecule has 2 heterocycles. The summed E-state index contributed by atoms with van der Waals surface area (Å²) in [5.74, 6) is 0.422. The molecule has 0 bridgehead atoms. The van der Waals surface area contributed by atoms with Crippen molar-refractivity contribution in [1.29, 1.82) is 0 Å². The third-order valence-electron chi connectivity index (χ3n) is 4.64. The smallest absolute Gasteiger partial charge is 0.185 e. The van der Waals surface area contributed by atoms with Crippen LogP contribution in [0.25, 0.3) is 0 Å². The van der Waals surface area contributed by atoms with Gasteiger partial charge in [-0.3, -0.25) is 9.48 Å². The molecular weight excluding hydrogens is 322 g/mol. The van der Waals surface area contributed by atoms with Crippen molar-refractivity contribution in [1.82, 2.24) is 15.1 Å². The lowest BCUT2D eigenvalue weighted by atomic mass is 9.90. The monoisotopic (exact) mass is 341 g/mol. The van der Waals surface area contributed by atoms with Gasteiger partial charge in [-0.1, -0.05) is 0 Å². The Bertz CT molecular complexity index is 509. The Morgan fingerprint density at radius 2 is 2.35 bits per heavy atom. The molecule has 0 amide bonds. The van der Waals surface area contributed by atoms with Crippen LogP contribution in [0.5, 0.6) is 0 Å². The highest BCUT2D eigenvalue weighted by molar-refractivity contribution is 9.10. The number of carbonyl (C=O) groups is 1. The van der Waals surface area contributed by atoms with Gasteiger partial charge in [0.25, 0.3) is 0 Å². The van der Waals surface area contributed by atoms with Gasteiger partial charge in [0, 0.05) is 13.0 Å². The van der Waals surface area contributed by atoms with Crippen molar-refractivity contribution in [2.24, 2.45) is 11.3 Å². The first kappa shape index (κ1) is 14.2. The average Bonchev–Trinajstić information content (AvgIpc) is 3.01. The fourth-order valence-electron chi connectivity index (χ4n) is 3.32. The van der Waals surface area contributed by atoms with Crippen LogP contribution in [0.15, 0.2) is 10.7 Å². The van der Waals surface area contributed by atoms with Crippen LogP contribution in [0.4, 0.5) is 0 Å². The quantitative estimate of drug-likeness (QED) is 0.830. The van der Waals surface area contributed by atoms with Gasteiger partial charge in [-0.2, -0.15) is 5.10 Å². The second-order valence-corrected chi connectivity index (χ2v) is 6.64. The van der Waals surface area contributed by atoms with Gasteiger partial charge in [0.15, 0.2) is 5.78 Å². The normalized spacial score (nSPS) is 24.0. The minimum Gasteiger partial charge on any atom is -0.383 e. The summed E-state index contributed by atoms with van der Waals surface area (Å²) in [6, 6.07) is 0. The van der Waals surface area contributed by atoms with E-state index >= 15 is 0 Å². The van der Waals surface area contributed by atoms with Crippen molar-refractivity contribution in [2.75, 3.05) is 26.8 Å². The summed E-state index contributed by atoms with van der Waals surface area (Å²) < 4.78 is 7.65. The second kappa shape index (κ2) is 5.58. The summed E-state index contributed by atoms with van der Waals surface area (Å²) in [4.78, 5) is 12.8. The van der Waals surface area contributed by atoms with E-state index in [4.69, 9.17) is 4.74 Å². The lowest BCUT2D eigenvalue weighted by molar-refractivity contribution is 0.0925. The first-order chi connectivity index (χ1) is 9.68. The predicted molar refractivity (Wildman–Crippen MR) is 78.8 cm³/mol. The maximum atomic E-state index is 12.8. The zero-order valence-electron chi connectivity index (χ0n) is 11.7. The molecule has 110 valence electrons. The third kappa shape index (κ3) is 2.44. The van der Waals surface area contributed by atoms with Crippen LogP contribution in [0, 0.1) is 11.3 Å². The molecule has 3 rings (SSSR count). The van der Waals surface area contributed by atoms with Crippen molar-refractivity contribution in [3.63, 3.8) is 0 Å². The number of rotatable bonds is 5. The van der Waals surface area contributed by atoms with Crippen LogP contribution in [0.2, 0.25) is 0 Å². The van der Waals surface area contributed by atoms with Gasteiger partial charge < -0.3 is 10.1 Å². The van der Waals surface area contributed by atoms with Crippen molar-refractivity contribution < 1.29 is 9.53 Å². The number of ether oxygens (including phenoxy) is 1. The van der Waals surface area contributed by atoms with Gasteiger partial charge >= 0.3 is 0 Å². The largest absolute Gasteiger partial charge is 0.383 e. The number of carbonyl (C=O) groups excluding carboxylic acids is 1. The molecule has 2 aliphatic rings. The summed E-state index contributed by atoms with van der Waals surface area (Å²) >= 11 is 3.46. The predicted octanol–water partition coefficient (Wildman–Crippen LogP) is 1.86. The minimum absolute atomic E-state index is 0.180.